The van der Waals surface area contributed by atoms with Crippen molar-refractivity contribution in [1.29, 1.82) is 0 Å². The zero-order valence-electron chi connectivity index (χ0n) is 12.9. The van der Waals surface area contributed by atoms with Gasteiger partial charge in [0.15, 0.2) is 0 Å². The van der Waals surface area contributed by atoms with Gasteiger partial charge in [-0.25, -0.2) is 4.98 Å². The van der Waals surface area contributed by atoms with Crippen LogP contribution in [0, 0.1) is 0 Å². The minimum Gasteiger partial charge on any atom is -0.313 e. The van der Waals surface area contributed by atoms with Crippen molar-refractivity contribution in [2.24, 2.45) is 7.05 Å². The normalized spacial score (nSPS) is 17.6. The van der Waals surface area contributed by atoms with Crippen LogP contribution in [0.25, 0.3) is 0 Å². The first kappa shape index (κ1) is 14.3. The van der Waals surface area contributed by atoms with Crippen LogP contribution in [0.1, 0.15) is 37.6 Å². The van der Waals surface area contributed by atoms with E-state index in [9.17, 15) is 0 Å². The molecule has 0 amide bonds. The van der Waals surface area contributed by atoms with Gasteiger partial charge in [0, 0.05) is 24.9 Å². The van der Waals surface area contributed by atoms with Crippen molar-refractivity contribution >= 4 is 0 Å². The summed E-state index contributed by atoms with van der Waals surface area (Å²) in [6, 6.07) is 11.4. The largest absolute Gasteiger partial charge is 0.313 e. The number of hydrogen-bond donors (Lipinski definition) is 1. The molecule has 1 fully saturated rings. The molecule has 0 aliphatic heterocycles. The second-order valence-electron chi connectivity index (χ2n) is 6.03. The van der Waals surface area contributed by atoms with Gasteiger partial charge in [-0.2, -0.15) is 5.10 Å². The number of nitrogens with one attached hydrogen (secondary N) is 1. The predicted molar refractivity (Wildman–Crippen MR) is 84.1 cm³/mol. The minimum absolute atomic E-state index is 0.280. The van der Waals surface area contributed by atoms with E-state index in [0.717, 1.165) is 25.2 Å². The highest BCUT2D eigenvalue weighted by Crippen LogP contribution is 2.51. The SMILES string of the molecule is CCCNC(Cc1ncnn1C)C1(c2ccccc2)CC1. The quantitative estimate of drug-likeness (QED) is 0.849. The Morgan fingerprint density at radius 3 is 2.62 bits per heavy atom. The average molecular weight is 284 g/mol. The molecule has 1 aromatic carbocycles. The van der Waals surface area contributed by atoms with Gasteiger partial charge in [-0.3, -0.25) is 4.68 Å². The summed E-state index contributed by atoms with van der Waals surface area (Å²) in [6.07, 6.45) is 6.26. The van der Waals surface area contributed by atoms with Gasteiger partial charge in [0.2, 0.25) is 0 Å². The Kier molecular flexibility index (Phi) is 4.06. The van der Waals surface area contributed by atoms with E-state index in [-0.39, 0.29) is 5.41 Å². The second kappa shape index (κ2) is 5.98. The Morgan fingerprint density at radius 2 is 2.05 bits per heavy atom. The van der Waals surface area contributed by atoms with Crippen molar-refractivity contribution in [2.75, 3.05) is 6.54 Å². The molecule has 1 atom stereocenters. The van der Waals surface area contributed by atoms with E-state index in [1.165, 1.54) is 18.4 Å². The lowest BCUT2D eigenvalue weighted by Gasteiger charge is -2.28. The monoisotopic (exact) mass is 284 g/mol. The molecule has 0 bridgehead atoms. The number of aryl methyl sites for hydroxylation is 1. The lowest BCUT2D eigenvalue weighted by atomic mass is 9.86. The van der Waals surface area contributed by atoms with Crippen molar-refractivity contribution in [3.8, 4) is 0 Å². The fraction of sp³-hybridized carbons (Fsp3) is 0.529. The molecular weight excluding hydrogens is 260 g/mol. The molecule has 1 unspecified atom stereocenters. The summed E-state index contributed by atoms with van der Waals surface area (Å²) in [5.74, 6) is 1.06. The van der Waals surface area contributed by atoms with Crippen LogP contribution in [0.2, 0.25) is 0 Å². The Balaban J connectivity index is 1.84. The molecule has 2 aromatic rings. The van der Waals surface area contributed by atoms with E-state index >= 15 is 0 Å². The Bertz CT molecular complexity index is 571. The summed E-state index contributed by atoms with van der Waals surface area (Å²) in [5.41, 5.74) is 1.74. The highest BCUT2D eigenvalue weighted by atomic mass is 15.3. The van der Waals surface area contributed by atoms with E-state index in [0.29, 0.717) is 6.04 Å². The summed E-state index contributed by atoms with van der Waals surface area (Å²) in [7, 11) is 1.97. The first-order chi connectivity index (χ1) is 10.3. The lowest BCUT2D eigenvalue weighted by molar-refractivity contribution is 0.401. The molecular formula is C17H24N4. The van der Waals surface area contributed by atoms with Gasteiger partial charge < -0.3 is 5.32 Å². The molecule has 21 heavy (non-hydrogen) atoms. The molecule has 0 radical (unpaired) electrons. The average Bonchev–Trinajstić information content (AvgIpc) is 3.23. The molecule has 1 saturated carbocycles. The third kappa shape index (κ3) is 2.86. The van der Waals surface area contributed by atoms with Crippen molar-refractivity contribution in [1.82, 2.24) is 20.1 Å². The van der Waals surface area contributed by atoms with E-state index in [2.05, 4.69) is 52.7 Å². The molecule has 1 aliphatic rings. The number of rotatable bonds is 7. The molecule has 4 heteroatoms. The van der Waals surface area contributed by atoms with Gasteiger partial charge in [-0.05, 0) is 31.4 Å². The van der Waals surface area contributed by atoms with Crippen LogP contribution < -0.4 is 5.32 Å². The third-order valence-corrected chi connectivity index (χ3v) is 4.64. The molecule has 1 N–H and O–H groups in total. The van der Waals surface area contributed by atoms with E-state index in [1.807, 2.05) is 11.7 Å². The summed E-state index contributed by atoms with van der Waals surface area (Å²) in [6.45, 7) is 3.27. The van der Waals surface area contributed by atoms with E-state index < -0.39 is 0 Å². The van der Waals surface area contributed by atoms with Crippen molar-refractivity contribution < 1.29 is 0 Å². The standard InChI is InChI=1S/C17H24N4/c1-3-11-18-15(12-16-19-13-20-21(16)2)17(9-10-17)14-7-5-4-6-8-14/h4-8,13,15,18H,3,9-12H2,1-2H3. The van der Waals surface area contributed by atoms with Crippen LogP contribution >= 0.6 is 0 Å². The molecule has 4 nitrogen and oxygen atoms in total. The fourth-order valence-electron chi connectivity index (χ4n) is 3.21. The van der Waals surface area contributed by atoms with Crippen LogP contribution in [-0.4, -0.2) is 27.4 Å². The summed E-state index contributed by atoms with van der Waals surface area (Å²) < 4.78 is 1.89. The molecule has 0 spiro atoms. The molecule has 1 aliphatic carbocycles. The van der Waals surface area contributed by atoms with E-state index in [4.69, 9.17) is 0 Å². The summed E-state index contributed by atoms with van der Waals surface area (Å²) >= 11 is 0. The first-order valence-electron chi connectivity index (χ1n) is 7.88. The van der Waals surface area contributed by atoms with Gasteiger partial charge in [-0.1, -0.05) is 37.3 Å². The zero-order valence-corrected chi connectivity index (χ0v) is 12.9. The van der Waals surface area contributed by atoms with Crippen LogP contribution in [0.4, 0.5) is 0 Å². The molecule has 0 saturated heterocycles. The third-order valence-electron chi connectivity index (χ3n) is 4.64. The maximum atomic E-state index is 4.41. The van der Waals surface area contributed by atoms with Crippen LogP contribution in [0.3, 0.4) is 0 Å². The maximum absolute atomic E-state index is 4.41. The predicted octanol–water partition coefficient (Wildman–Crippen LogP) is 2.46. The number of benzene rings is 1. The van der Waals surface area contributed by atoms with Crippen LogP contribution in [0.15, 0.2) is 36.7 Å². The Labute approximate surface area is 126 Å². The first-order valence-corrected chi connectivity index (χ1v) is 7.88. The molecule has 1 aromatic heterocycles. The second-order valence-corrected chi connectivity index (χ2v) is 6.03. The van der Waals surface area contributed by atoms with Crippen molar-refractivity contribution in [3.05, 3.63) is 48.0 Å². The zero-order chi connectivity index (χ0) is 14.7. The molecule has 1 heterocycles. The molecule has 112 valence electrons. The topological polar surface area (TPSA) is 42.7 Å². The van der Waals surface area contributed by atoms with Crippen molar-refractivity contribution in [3.63, 3.8) is 0 Å². The van der Waals surface area contributed by atoms with Gasteiger partial charge in [0.1, 0.15) is 12.2 Å². The minimum atomic E-state index is 0.280. The summed E-state index contributed by atoms with van der Waals surface area (Å²) in [4.78, 5) is 4.41. The van der Waals surface area contributed by atoms with Gasteiger partial charge in [-0.15, -0.1) is 0 Å². The lowest BCUT2D eigenvalue weighted by Crippen LogP contribution is -2.42. The fourth-order valence-corrected chi connectivity index (χ4v) is 3.21. The van der Waals surface area contributed by atoms with Gasteiger partial charge in [0.05, 0.1) is 0 Å². The molecule has 3 rings (SSSR count). The van der Waals surface area contributed by atoms with Gasteiger partial charge >= 0.3 is 0 Å². The Hall–Kier alpha value is -1.68. The summed E-state index contributed by atoms with van der Waals surface area (Å²) in [5, 5.41) is 7.96. The maximum Gasteiger partial charge on any atom is 0.138 e. The van der Waals surface area contributed by atoms with Crippen LogP contribution in [0.5, 0.6) is 0 Å². The smallest absolute Gasteiger partial charge is 0.138 e. The van der Waals surface area contributed by atoms with Crippen LogP contribution in [-0.2, 0) is 18.9 Å². The number of nitrogens with zero attached hydrogens (tertiary/aromatic N) is 3. The highest BCUT2D eigenvalue weighted by molar-refractivity contribution is 5.34. The van der Waals surface area contributed by atoms with Gasteiger partial charge in [0.25, 0.3) is 0 Å². The number of hydrogen-bond acceptors (Lipinski definition) is 3. The van der Waals surface area contributed by atoms with E-state index in [1.54, 1.807) is 6.33 Å². The van der Waals surface area contributed by atoms with Crippen molar-refractivity contribution in [2.45, 2.75) is 44.1 Å². The highest BCUT2D eigenvalue weighted by Gasteiger charge is 2.50. The number of aromatic nitrogens is 3. The Morgan fingerprint density at radius 1 is 1.29 bits per heavy atom.